The van der Waals surface area contributed by atoms with Crippen molar-refractivity contribution >= 4 is 11.8 Å². The van der Waals surface area contributed by atoms with Gasteiger partial charge in [-0.3, -0.25) is 0 Å². The lowest BCUT2D eigenvalue weighted by molar-refractivity contribution is 0.628. The zero-order valence-electron chi connectivity index (χ0n) is 11.2. The molecule has 0 fully saturated rings. The second-order valence-electron chi connectivity index (χ2n) is 4.54. The molecule has 0 spiro atoms. The van der Waals surface area contributed by atoms with Crippen LogP contribution in [0.15, 0.2) is 71.8 Å². The van der Waals surface area contributed by atoms with Gasteiger partial charge in [0.25, 0.3) is 0 Å². The molecule has 104 valence electrons. The van der Waals surface area contributed by atoms with Crippen LogP contribution in [0.1, 0.15) is 5.56 Å². The largest absolute Gasteiger partial charge is 0.207 e. The Balaban J connectivity index is 1.68. The molecular formula is C17H13FN2S. The highest BCUT2D eigenvalue weighted by molar-refractivity contribution is 7.98. The maximum atomic E-state index is 12.9. The van der Waals surface area contributed by atoms with E-state index in [1.54, 1.807) is 23.9 Å². The van der Waals surface area contributed by atoms with E-state index in [2.05, 4.69) is 22.3 Å². The van der Waals surface area contributed by atoms with Crippen molar-refractivity contribution in [2.24, 2.45) is 0 Å². The summed E-state index contributed by atoms with van der Waals surface area (Å²) < 4.78 is 12.9. The number of rotatable bonds is 4. The van der Waals surface area contributed by atoms with E-state index in [0.717, 1.165) is 22.0 Å². The van der Waals surface area contributed by atoms with Crippen molar-refractivity contribution in [1.82, 2.24) is 10.2 Å². The van der Waals surface area contributed by atoms with Crippen molar-refractivity contribution in [3.05, 3.63) is 78.1 Å². The molecule has 2 nitrogen and oxygen atoms in total. The van der Waals surface area contributed by atoms with Crippen molar-refractivity contribution in [3.8, 4) is 11.3 Å². The van der Waals surface area contributed by atoms with Gasteiger partial charge in [-0.2, -0.15) is 0 Å². The van der Waals surface area contributed by atoms with Gasteiger partial charge in [0.1, 0.15) is 10.8 Å². The monoisotopic (exact) mass is 296 g/mol. The van der Waals surface area contributed by atoms with E-state index in [0.29, 0.717) is 0 Å². The fourth-order valence-electron chi connectivity index (χ4n) is 1.90. The first kappa shape index (κ1) is 13.8. The predicted octanol–water partition coefficient (Wildman–Crippen LogP) is 4.58. The van der Waals surface area contributed by atoms with Crippen LogP contribution in [0.2, 0.25) is 0 Å². The third-order valence-corrected chi connectivity index (χ3v) is 4.00. The Labute approximate surface area is 127 Å². The molecule has 0 bridgehead atoms. The second kappa shape index (κ2) is 6.50. The minimum Gasteiger partial charge on any atom is -0.207 e. The van der Waals surface area contributed by atoms with E-state index in [9.17, 15) is 4.39 Å². The third-order valence-electron chi connectivity index (χ3n) is 3.01. The van der Waals surface area contributed by atoms with Gasteiger partial charge in [0.05, 0.1) is 5.69 Å². The van der Waals surface area contributed by atoms with E-state index in [1.807, 2.05) is 30.3 Å². The molecule has 21 heavy (non-hydrogen) atoms. The molecule has 0 saturated carbocycles. The standard InChI is InChI=1S/C17H13FN2S/c18-15-8-6-14(7-9-15)16-10-11-17(20-19-16)21-12-13-4-2-1-3-5-13/h1-11H,12H2. The minimum atomic E-state index is -0.248. The van der Waals surface area contributed by atoms with Crippen LogP contribution in [0.25, 0.3) is 11.3 Å². The number of aromatic nitrogens is 2. The molecule has 3 aromatic rings. The zero-order valence-corrected chi connectivity index (χ0v) is 12.1. The minimum absolute atomic E-state index is 0.248. The SMILES string of the molecule is Fc1ccc(-c2ccc(SCc3ccccc3)nn2)cc1. The van der Waals surface area contributed by atoms with E-state index in [4.69, 9.17) is 0 Å². The third kappa shape index (κ3) is 3.67. The Bertz CT molecular complexity index is 697. The number of benzene rings is 2. The fraction of sp³-hybridized carbons (Fsp3) is 0.0588. The summed E-state index contributed by atoms with van der Waals surface area (Å²) in [6.45, 7) is 0. The smallest absolute Gasteiger partial charge is 0.123 e. The summed E-state index contributed by atoms with van der Waals surface area (Å²) >= 11 is 1.65. The Morgan fingerprint density at radius 3 is 2.24 bits per heavy atom. The van der Waals surface area contributed by atoms with Gasteiger partial charge >= 0.3 is 0 Å². The summed E-state index contributed by atoms with van der Waals surface area (Å²) in [4.78, 5) is 0. The van der Waals surface area contributed by atoms with Crippen molar-refractivity contribution in [3.63, 3.8) is 0 Å². The first-order valence-electron chi connectivity index (χ1n) is 6.58. The summed E-state index contributed by atoms with van der Waals surface area (Å²) in [5, 5.41) is 9.29. The fourth-order valence-corrected chi connectivity index (χ4v) is 2.67. The molecule has 2 aromatic carbocycles. The molecule has 0 atom stereocenters. The van der Waals surface area contributed by atoms with Gasteiger partial charge in [0, 0.05) is 11.3 Å². The van der Waals surface area contributed by atoms with Crippen LogP contribution in [0.5, 0.6) is 0 Å². The van der Waals surface area contributed by atoms with Gasteiger partial charge in [0.15, 0.2) is 0 Å². The summed E-state index contributed by atoms with van der Waals surface area (Å²) in [6, 6.07) is 20.4. The topological polar surface area (TPSA) is 25.8 Å². The van der Waals surface area contributed by atoms with Gasteiger partial charge in [-0.05, 0) is 42.0 Å². The van der Waals surface area contributed by atoms with Crippen molar-refractivity contribution < 1.29 is 4.39 Å². The maximum Gasteiger partial charge on any atom is 0.123 e. The average molecular weight is 296 g/mol. The normalized spacial score (nSPS) is 10.5. The van der Waals surface area contributed by atoms with Crippen LogP contribution in [-0.4, -0.2) is 10.2 Å². The van der Waals surface area contributed by atoms with Crippen LogP contribution < -0.4 is 0 Å². The Kier molecular flexibility index (Phi) is 4.26. The predicted molar refractivity (Wildman–Crippen MR) is 83.4 cm³/mol. The molecule has 0 aliphatic heterocycles. The van der Waals surface area contributed by atoms with E-state index in [-0.39, 0.29) is 5.82 Å². The number of hydrogen-bond acceptors (Lipinski definition) is 3. The summed E-state index contributed by atoms with van der Waals surface area (Å²) in [6.07, 6.45) is 0. The van der Waals surface area contributed by atoms with Crippen LogP contribution in [0.4, 0.5) is 4.39 Å². The Morgan fingerprint density at radius 2 is 1.57 bits per heavy atom. The lowest BCUT2D eigenvalue weighted by atomic mass is 10.1. The number of hydrogen-bond donors (Lipinski definition) is 0. The van der Waals surface area contributed by atoms with Crippen molar-refractivity contribution in [2.75, 3.05) is 0 Å². The second-order valence-corrected chi connectivity index (χ2v) is 5.53. The highest BCUT2D eigenvalue weighted by Crippen LogP contribution is 2.22. The van der Waals surface area contributed by atoms with Gasteiger partial charge in [-0.15, -0.1) is 10.2 Å². The number of halogens is 1. The zero-order chi connectivity index (χ0) is 14.5. The van der Waals surface area contributed by atoms with Crippen LogP contribution >= 0.6 is 11.8 Å². The molecule has 0 unspecified atom stereocenters. The molecule has 0 aliphatic carbocycles. The molecule has 0 saturated heterocycles. The summed E-state index contributed by atoms with van der Waals surface area (Å²) in [5.41, 5.74) is 2.87. The highest BCUT2D eigenvalue weighted by Gasteiger charge is 2.02. The molecule has 3 rings (SSSR count). The van der Waals surface area contributed by atoms with Gasteiger partial charge in [-0.25, -0.2) is 4.39 Å². The molecule has 0 N–H and O–H groups in total. The first-order chi connectivity index (χ1) is 10.3. The Hall–Kier alpha value is -2.20. The lowest BCUT2D eigenvalue weighted by Gasteiger charge is -2.03. The van der Waals surface area contributed by atoms with E-state index in [1.165, 1.54) is 17.7 Å². The Morgan fingerprint density at radius 1 is 0.810 bits per heavy atom. The van der Waals surface area contributed by atoms with Crippen molar-refractivity contribution in [2.45, 2.75) is 10.8 Å². The molecule has 0 amide bonds. The molecule has 0 aliphatic rings. The molecule has 1 heterocycles. The molecule has 0 radical (unpaired) electrons. The number of thioether (sulfide) groups is 1. The molecular weight excluding hydrogens is 283 g/mol. The van der Waals surface area contributed by atoms with Crippen molar-refractivity contribution in [1.29, 1.82) is 0 Å². The van der Waals surface area contributed by atoms with E-state index >= 15 is 0 Å². The lowest BCUT2D eigenvalue weighted by Crippen LogP contribution is -1.90. The number of nitrogens with zero attached hydrogens (tertiary/aromatic N) is 2. The summed E-state index contributed by atoms with van der Waals surface area (Å²) in [7, 11) is 0. The maximum absolute atomic E-state index is 12.9. The highest BCUT2D eigenvalue weighted by atomic mass is 32.2. The van der Waals surface area contributed by atoms with Gasteiger partial charge in [-0.1, -0.05) is 42.1 Å². The quantitative estimate of drug-likeness (QED) is 0.659. The molecule has 4 heteroatoms. The molecule has 1 aromatic heterocycles. The first-order valence-corrected chi connectivity index (χ1v) is 7.56. The van der Waals surface area contributed by atoms with Crippen LogP contribution in [0.3, 0.4) is 0 Å². The summed E-state index contributed by atoms with van der Waals surface area (Å²) in [5.74, 6) is 0.618. The van der Waals surface area contributed by atoms with Crippen LogP contribution in [-0.2, 0) is 5.75 Å². The van der Waals surface area contributed by atoms with Gasteiger partial charge < -0.3 is 0 Å². The van der Waals surface area contributed by atoms with Crippen LogP contribution in [0, 0.1) is 5.82 Å². The van der Waals surface area contributed by atoms with E-state index < -0.39 is 0 Å². The van der Waals surface area contributed by atoms with Gasteiger partial charge in [0.2, 0.25) is 0 Å². The average Bonchev–Trinajstić information content (AvgIpc) is 2.55.